The first-order chi connectivity index (χ1) is 17.1. The fraction of sp³-hybridized carbons (Fsp3) is 0.273. The molecule has 0 radical (unpaired) electrons. The summed E-state index contributed by atoms with van der Waals surface area (Å²) in [4.78, 5) is 17.3. The van der Waals surface area contributed by atoms with Crippen LogP contribution in [0.25, 0.3) is 17.1 Å². The number of alkyl halides is 3. The summed E-state index contributed by atoms with van der Waals surface area (Å²) in [5.41, 5.74) is -0.317. The van der Waals surface area contributed by atoms with Gasteiger partial charge in [-0.1, -0.05) is 17.7 Å². The van der Waals surface area contributed by atoms with Crippen LogP contribution in [-0.4, -0.2) is 58.2 Å². The van der Waals surface area contributed by atoms with Crippen molar-refractivity contribution < 1.29 is 27.8 Å². The molecule has 0 spiro atoms. The van der Waals surface area contributed by atoms with Crippen molar-refractivity contribution in [3.8, 4) is 17.1 Å². The Bertz CT molecular complexity index is 1410. The van der Waals surface area contributed by atoms with Gasteiger partial charge in [0.15, 0.2) is 17.8 Å². The van der Waals surface area contributed by atoms with Crippen LogP contribution in [0.5, 0.6) is 0 Å². The minimum atomic E-state index is -4.96. The molecule has 36 heavy (non-hydrogen) atoms. The van der Waals surface area contributed by atoms with Gasteiger partial charge in [-0.05, 0) is 42.5 Å². The van der Waals surface area contributed by atoms with Crippen LogP contribution < -0.4 is 5.69 Å². The fourth-order valence-corrected chi connectivity index (χ4v) is 3.59. The second-order valence-electron chi connectivity index (χ2n) is 7.75. The number of rotatable bonds is 8. The van der Waals surface area contributed by atoms with Gasteiger partial charge in [0.1, 0.15) is 18.2 Å². The van der Waals surface area contributed by atoms with E-state index < -0.39 is 30.3 Å². The topological polar surface area (TPSA) is 111 Å². The first-order valence-corrected chi connectivity index (χ1v) is 10.9. The van der Waals surface area contributed by atoms with Gasteiger partial charge in [-0.2, -0.15) is 13.2 Å². The van der Waals surface area contributed by atoms with Gasteiger partial charge >= 0.3 is 11.9 Å². The van der Waals surface area contributed by atoms with Crippen molar-refractivity contribution in [3.63, 3.8) is 0 Å². The van der Waals surface area contributed by atoms with Crippen molar-refractivity contribution in [2.45, 2.75) is 31.8 Å². The SMILES string of the molecule is O=c1n(Cc2nc(CCO)n(-c3cccc(F)c3)n2)nc(-c2ccc(Cl)cc2)n1C[C@H](O)C(F)(F)F. The molecule has 0 aliphatic heterocycles. The van der Waals surface area contributed by atoms with Crippen LogP contribution in [0.15, 0.2) is 53.3 Å². The molecule has 2 aromatic carbocycles. The molecular weight excluding hydrogens is 508 g/mol. The Labute approximate surface area is 205 Å². The van der Waals surface area contributed by atoms with E-state index in [2.05, 4.69) is 15.2 Å². The third kappa shape index (κ3) is 5.48. The van der Waals surface area contributed by atoms with Crippen LogP contribution in [-0.2, 0) is 19.5 Å². The van der Waals surface area contributed by atoms with E-state index in [0.717, 1.165) is 4.68 Å². The average Bonchev–Trinajstić information content (AvgIpc) is 3.35. The molecule has 4 aromatic rings. The Morgan fingerprint density at radius 1 is 1.08 bits per heavy atom. The van der Waals surface area contributed by atoms with Crippen molar-refractivity contribution in [1.82, 2.24) is 29.1 Å². The number of hydrogen-bond acceptors (Lipinski definition) is 6. The standard InChI is InChI=1S/C22H19ClF4N6O3/c23-14-6-4-13(5-7-14)20-30-32(21(36)31(20)11-17(35)22(25,26)27)12-18-28-19(8-9-34)33(29-18)16-3-1-2-15(24)10-16/h1-7,10,17,34-35H,8-9,11-12H2/t17-/m0/s1. The van der Waals surface area contributed by atoms with E-state index >= 15 is 0 Å². The molecule has 2 N–H and O–H groups in total. The lowest BCUT2D eigenvalue weighted by Crippen LogP contribution is -2.37. The Morgan fingerprint density at radius 2 is 1.81 bits per heavy atom. The van der Waals surface area contributed by atoms with Gasteiger partial charge in [0.25, 0.3) is 0 Å². The predicted octanol–water partition coefficient (Wildman–Crippen LogP) is 2.59. The summed E-state index contributed by atoms with van der Waals surface area (Å²) in [5.74, 6) is -0.324. The maximum Gasteiger partial charge on any atom is 0.416 e. The predicted molar refractivity (Wildman–Crippen MR) is 120 cm³/mol. The number of aromatic nitrogens is 6. The minimum absolute atomic E-state index is 0.0495. The molecule has 4 rings (SSSR count). The number of aliphatic hydroxyl groups is 2. The number of aliphatic hydroxyl groups excluding tert-OH is 2. The molecule has 0 amide bonds. The lowest BCUT2D eigenvalue weighted by Gasteiger charge is -2.15. The maximum absolute atomic E-state index is 13.7. The smallest absolute Gasteiger partial charge is 0.396 e. The Hall–Kier alpha value is -3.55. The average molecular weight is 527 g/mol. The number of benzene rings is 2. The highest BCUT2D eigenvalue weighted by atomic mass is 35.5. The third-order valence-electron chi connectivity index (χ3n) is 5.16. The maximum atomic E-state index is 13.7. The van der Waals surface area contributed by atoms with Crippen LogP contribution in [0.4, 0.5) is 17.6 Å². The number of nitrogens with zero attached hydrogens (tertiary/aromatic N) is 6. The normalized spacial score (nSPS) is 12.8. The van der Waals surface area contributed by atoms with Crippen LogP contribution in [0, 0.1) is 5.82 Å². The molecule has 14 heteroatoms. The van der Waals surface area contributed by atoms with E-state index in [4.69, 9.17) is 11.6 Å². The van der Waals surface area contributed by atoms with Crippen LogP contribution in [0.1, 0.15) is 11.6 Å². The van der Waals surface area contributed by atoms with Gasteiger partial charge in [0, 0.05) is 17.0 Å². The highest BCUT2D eigenvalue weighted by Crippen LogP contribution is 2.24. The fourth-order valence-electron chi connectivity index (χ4n) is 3.47. The highest BCUT2D eigenvalue weighted by molar-refractivity contribution is 6.30. The van der Waals surface area contributed by atoms with E-state index in [1.807, 2.05) is 0 Å². The van der Waals surface area contributed by atoms with Crippen molar-refractivity contribution in [2.75, 3.05) is 6.61 Å². The third-order valence-corrected chi connectivity index (χ3v) is 5.41. The zero-order valence-corrected chi connectivity index (χ0v) is 19.2. The summed E-state index contributed by atoms with van der Waals surface area (Å²) in [6, 6.07) is 11.4. The molecule has 0 fully saturated rings. The zero-order valence-electron chi connectivity index (χ0n) is 18.4. The number of hydrogen-bond donors (Lipinski definition) is 2. The van der Waals surface area contributed by atoms with E-state index in [1.165, 1.54) is 47.1 Å². The van der Waals surface area contributed by atoms with Gasteiger partial charge in [0.2, 0.25) is 0 Å². The molecule has 0 unspecified atom stereocenters. The molecule has 2 aromatic heterocycles. The lowest BCUT2D eigenvalue weighted by molar-refractivity contribution is -0.207. The molecule has 0 saturated carbocycles. The second-order valence-corrected chi connectivity index (χ2v) is 8.18. The summed E-state index contributed by atoms with van der Waals surface area (Å²) in [5, 5.41) is 27.8. The molecule has 190 valence electrons. The lowest BCUT2D eigenvalue weighted by atomic mass is 10.2. The van der Waals surface area contributed by atoms with Gasteiger partial charge < -0.3 is 10.2 Å². The van der Waals surface area contributed by atoms with Gasteiger partial charge in [0.05, 0.1) is 18.8 Å². The van der Waals surface area contributed by atoms with Crippen molar-refractivity contribution >= 4 is 11.6 Å². The van der Waals surface area contributed by atoms with Gasteiger partial charge in [-0.3, -0.25) is 4.57 Å². The zero-order chi connectivity index (χ0) is 26.0. The van der Waals surface area contributed by atoms with Crippen molar-refractivity contribution in [3.05, 3.63) is 81.5 Å². The molecule has 2 heterocycles. The first-order valence-electron chi connectivity index (χ1n) is 10.6. The highest BCUT2D eigenvalue weighted by Gasteiger charge is 2.39. The van der Waals surface area contributed by atoms with E-state index in [-0.39, 0.29) is 37.0 Å². The van der Waals surface area contributed by atoms with E-state index in [9.17, 15) is 32.6 Å². The van der Waals surface area contributed by atoms with Crippen LogP contribution in [0.2, 0.25) is 5.02 Å². The molecule has 0 aliphatic rings. The molecule has 9 nitrogen and oxygen atoms in total. The number of halogens is 5. The largest absolute Gasteiger partial charge is 0.416 e. The van der Waals surface area contributed by atoms with E-state index in [1.54, 1.807) is 6.07 Å². The summed E-state index contributed by atoms with van der Waals surface area (Å²) < 4.78 is 55.7. The first kappa shape index (κ1) is 25.5. The van der Waals surface area contributed by atoms with Crippen molar-refractivity contribution in [2.24, 2.45) is 0 Å². The Morgan fingerprint density at radius 3 is 2.44 bits per heavy atom. The molecule has 0 bridgehead atoms. The molecule has 0 saturated heterocycles. The van der Waals surface area contributed by atoms with Gasteiger partial charge in [-0.25, -0.2) is 23.5 Å². The monoisotopic (exact) mass is 526 g/mol. The Balaban J connectivity index is 1.75. The summed E-state index contributed by atoms with van der Waals surface area (Å²) in [6.07, 6.45) is -7.69. The quantitative estimate of drug-likeness (QED) is 0.341. The summed E-state index contributed by atoms with van der Waals surface area (Å²) >= 11 is 5.89. The summed E-state index contributed by atoms with van der Waals surface area (Å²) in [6.45, 7) is -1.70. The van der Waals surface area contributed by atoms with Crippen LogP contribution >= 0.6 is 11.6 Å². The molecule has 1 atom stereocenters. The molecule has 0 aliphatic carbocycles. The molecular formula is C22H19ClF4N6O3. The van der Waals surface area contributed by atoms with E-state index in [0.29, 0.717) is 20.8 Å². The van der Waals surface area contributed by atoms with Gasteiger partial charge in [-0.15, -0.1) is 10.2 Å². The van der Waals surface area contributed by atoms with Crippen LogP contribution in [0.3, 0.4) is 0 Å². The summed E-state index contributed by atoms with van der Waals surface area (Å²) in [7, 11) is 0. The Kier molecular flexibility index (Phi) is 7.24. The minimum Gasteiger partial charge on any atom is -0.396 e. The second kappa shape index (κ2) is 10.2. The van der Waals surface area contributed by atoms with Crippen molar-refractivity contribution in [1.29, 1.82) is 0 Å².